The minimum Gasteiger partial charge on any atom is -0.444 e. The molecule has 272 valence electrons. The fourth-order valence-electron chi connectivity index (χ4n) is 6.17. The third-order valence-corrected chi connectivity index (χ3v) is 10.9. The Kier molecular flexibility index (Phi) is 14.0. The standard InChI is InChI=1S/C38H49N7O4S2/c1-27(2)36-41-32(25-50-36)22-44(4)38(48)45-18-17-43(3)23-34(45)35(46)40-30(19-28-11-7-5-8-12-28)15-16-31(20-29-13-9-6-10-14-29)42-37(47)49-24-33-21-39-26-51-33/h5-14,21,25-27,30-31,34H,15-20,22-24H2,1-4H3,(H,40,46)(H,42,47)/t30-,31-,34-/m0/s1. The first-order chi connectivity index (χ1) is 24.6. The number of likely N-dealkylation sites (N-methyl/N-ethyl adjacent to an activating group) is 1. The predicted molar refractivity (Wildman–Crippen MR) is 202 cm³/mol. The number of hydrogen-bond acceptors (Lipinski definition) is 9. The quantitative estimate of drug-likeness (QED) is 0.156. The Balaban J connectivity index is 1.28. The average Bonchev–Trinajstić information content (AvgIpc) is 3.83. The molecule has 3 heterocycles. The summed E-state index contributed by atoms with van der Waals surface area (Å²) in [7, 11) is 3.74. The largest absolute Gasteiger partial charge is 0.444 e. The lowest BCUT2D eigenvalue weighted by atomic mass is 9.95. The van der Waals surface area contributed by atoms with E-state index in [1.54, 1.807) is 39.9 Å². The number of hydrogen-bond donors (Lipinski definition) is 2. The van der Waals surface area contributed by atoms with Crippen LogP contribution in [0.25, 0.3) is 0 Å². The number of amides is 4. The second-order valence-corrected chi connectivity index (χ2v) is 15.3. The van der Waals surface area contributed by atoms with E-state index in [4.69, 9.17) is 9.72 Å². The van der Waals surface area contributed by atoms with Crippen LogP contribution in [0.5, 0.6) is 0 Å². The Bertz CT molecular complexity index is 1670. The highest BCUT2D eigenvalue weighted by atomic mass is 32.1. The predicted octanol–water partition coefficient (Wildman–Crippen LogP) is 5.94. The zero-order valence-corrected chi connectivity index (χ0v) is 31.5. The van der Waals surface area contributed by atoms with Gasteiger partial charge in [0.25, 0.3) is 0 Å². The maximum atomic E-state index is 14.2. The molecule has 2 aromatic carbocycles. The minimum atomic E-state index is -0.654. The van der Waals surface area contributed by atoms with Gasteiger partial charge in [0.2, 0.25) is 5.91 Å². The van der Waals surface area contributed by atoms with Gasteiger partial charge in [-0.3, -0.25) is 9.78 Å². The van der Waals surface area contributed by atoms with Crippen LogP contribution in [0.3, 0.4) is 0 Å². The van der Waals surface area contributed by atoms with Crippen LogP contribution in [0, 0.1) is 0 Å². The number of rotatable bonds is 15. The van der Waals surface area contributed by atoms with Crippen LogP contribution in [-0.4, -0.2) is 94.6 Å². The lowest BCUT2D eigenvalue weighted by Gasteiger charge is -2.41. The van der Waals surface area contributed by atoms with Gasteiger partial charge >= 0.3 is 12.1 Å². The zero-order chi connectivity index (χ0) is 36.2. The fraction of sp³-hybridized carbons (Fsp3) is 0.447. The summed E-state index contributed by atoms with van der Waals surface area (Å²) >= 11 is 3.04. The summed E-state index contributed by atoms with van der Waals surface area (Å²) in [6, 6.07) is 18.8. The first-order valence-electron chi connectivity index (χ1n) is 17.5. The Morgan fingerprint density at radius 2 is 1.59 bits per heavy atom. The molecule has 1 saturated heterocycles. The van der Waals surface area contributed by atoms with Gasteiger partial charge in [-0.25, -0.2) is 14.6 Å². The van der Waals surface area contributed by atoms with Crippen molar-refractivity contribution in [2.45, 2.75) is 76.7 Å². The van der Waals surface area contributed by atoms with Gasteiger partial charge < -0.3 is 30.1 Å². The van der Waals surface area contributed by atoms with Gasteiger partial charge in [-0.2, -0.15) is 0 Å². The number of benzene rings is 2. The normalized spacial score (nSPS) is 16.0. The number of carbonyl (C=O) groups is 3. The molecule has 2 N–H and O–H groups in total. The van der Waals surface area contributed by atoms with E-state index in [1.165, 1.54) is 11.3 Å². The number of nitrogens with one attached hydrogen (secondary N) is 2. The first-order valence-corrected chi connectivity index (χ1v) is 19.2. The highest BCUT2D eigenvalue weighted by Gasteiger charge is 2.36. The number of piperazine rings is 1. The molecule has 0 aliphatic carbocycles. The number of nitrogens with zero attached hydrogens (tertiary/aromatic N) is 5. The molecule has 0 spiro atoms. The maximum absolute atomic E-state index is 14.2. The molecule has 1 aliphatic rings. The Morgan fingerprint density at radius 3 is 2.18 bits per heavy atom. The Labute approximate surface area is 309 Å². The van der Waals surface area contributed by atoms with Crippen LogP contribution in [-0.2, 0) is 35.5 Å². The average molecular weight is 732 g/mol. The van der Waals surface area contributed by atoms with Gasteiger partial charge in [0.05, 0.1) is 27.6 Å². The summed E-state index contributed by atoms with van der Waals surface area (Å²) in [5, 5.41) is 9.44. The molecule has 0 saturated carbocycles. The zero-order valence-electron chi connectivity index (χ0n) is 29.9. The van der Waals surface area contributed by atoms with Crippen molar-refractivity contribution in [1.29, 1.82) is 0 Å². The second-order valence-electron chi connectivity index (χ2n) is 13.5. The summed E-state index contributed by atoms with van der Waals surface area (Å²) in [4.78, 5) is 56.0. The number of aromatic nitrogens is 2. The monoisotopic (exact) mass is 731 g/mol. The van der Waals surface area contributed by atoms with Crippen molar-refractivity contribution < 1.29 is 19.1 Å². The smallest absolute Gasteiger partial charge is 0.407 e. The SMILES string of the molecule is CC(C)c1nc(CN(C)C(=O)N2CCN(C)C[C@H]2C(=O)N[C@@H](CC[C@@H](Cc2ccccc2)NC(=O)OCc2cncs2)Cc2ccccc2)cs1. The molecule has 11 nitrogen and oxygen atoms in total. The summed E-state index contributed by atoms with van der Waals surface area (Å²) in [5.41, 5.74) is 4.75. The van der Waals surface area contributed by atoms with Gasteiger partial charge in [0.15, 0.2) is 0 Å². The van der Waals surface area contributed by atoms with Crippen LogP contribution in [0.2, 0.25) is 0 Å². The molecule has 1 aliphatic heterocycles. The van der Waals surface area contributed by atoms with Crippen molar-refractivity contribution in [2.75, 3.05) is 33.7 Å². The van der Waals surface area contributed by atoms with Crippen LogP contribution in [0.1, 0.15) is 59.3 Å². The van der Waals surface area contributed by atoms with E-state index < -0.39 is 12.1 Å². The van der Waals surface area contributed by atoms with Crippen LogP contribution < -0.4 is 10.6 Å². The van der Waals surface area contributed by atoms with Crippen LogP contribution in [0.4, 0.5) is 9.59 Å². The van der Waals surface area contributed by atoms with Crippen molar-refractivity contribution in [2.24, 2.45) is 0 Å². The molecule has 4 aromatic rings. The van der Waals surface area contributed by atoms with Crippen molar-refractivity contribution in [3.05, 3.63) is 104 Å². The lowest BCUT2D eigenvalue weighted by molar-refractivity contribution is -0.128. The second kappa shape index (κ2) is 18.8. The van der Waals surface area contributed by atoms with Gasteiger partial charge in [-0.05, 0) is 43.9 Å². The van der Waals surface area contributed by atoms with E-state index in [9.17, 15) is 14.4 Å². The molecular weight excluding hydrogens is 683 g/mol. The van der Waals surface area contributed by atoms with Gasteiger partial charge in [-0.15, -0.1) is 22.7 Å². The molecule has 1 fully saturated rings. The fourth-order valence-corrected chi connectivity index (χ4v) is 7.50. The van der Waals surface area contributed by atoms with Crippen LogP contribution >= 0.6 is 22.7 Å². The molecule has 51 heavy (non-hydrogen) atoms. The van der Waals surface area contributed by atoms with Crippen LogP contribution in [0.15, 0.2) is 77.8 Å². The lowest BCUT2D eigenvalue weighted by Crippen LogP contribution is -2.62. The molecule has 0 bridgehead atoms. The number of ether oxygens (including phenoxy) is 1. The van der Waals surface area contributed by atoms with E-state index in [0.717, 1.165) is 26.7 Å². The molecule has 3 atom stereocenters. The highest BCUT2D eigenvalue weighted by molar-refractivity contribution is 7.09. The van der Waals surface area contributed by atoms with Crippen molar-refractivity contribution in [3.8, 4) is 0 Å². The topological polar surface area (TPSA) is 120 Å². The van der Waals surface area contributed by atoms with E-state index in [-0.39, 0.29) is 30.6 Å². The van der Waals surface area contributed by atoms with E-state index >= 15 is 0 Å². The van der Waals surface area contributed by atoms with Gasteiger partial charge in [0.1, 0.15) is 12.6 Å². The number of alkyl carbamates (subject to hydrolysis) is 1. The molecule has 5 rings (SSSR count). The van der Waals surface area contributed by atoms with E-state index in [1.807, 2.05) is 61.0 Å². The summed E-state index contributed by atoms with van der Waals surface area (Å²) < 4.78 is 5.51. The molecule has 0 unspecified atom stereocenters. The summed E-state index contributed by atoms with van der Waals surface area (Å²) in [6.45, 7) is 6.30. The first kappa shape index (κ1) is 37.9. The van der Waals surface area contributed by atoms with Crippen molar-refractivity contribution >= 4 is 40.7 Å². The third-order valence-electron chi connectivity index (χ3n) is 8.93. The maximum Gasteiger partial charge on any atom is 0.407 e. The molecule has 0 radical (unpaired) electrons. The summed E-state index contributed by atoms with van der Waals surface area (Å²) in [5.74, 6) is 0.142. The number of thiazole rings is 2. The Hall–Kier alpha value is -4.33. The third kappa shape index (κ3) is 11.6. The number of urea groups is 1. The van der Waals surface area contributed by atoms with Gasteiger partial charge in [-0.1, -0.05) is 74.5 Å². The van der Waals surface area contributed by atoms with Crippen molar-refractivity contribution in [1.82, 2.24) is 35.3 Å². The minimum absolute atomic E-state index is 0.157. The molecular formula is C38H49N7O4S2. The van der Waals surface area contributed by atoms with Crippen molar-refractivity contribution in [3.63, 3.8) is 0 Å². The van der Waals surface area contributed by atoms with Gasteiger partial charge in [0, 0.05) is 56.3 Å². The van der Waals surface area contributed by atoms with E-state index in [2.05, 4.69) is 46.5 Å². The van der Waals surface area contributed by atoms with E-state index in [0.29, 0.717) is 57.8 Å². The number of carbonyl (C=O) groups excluding carboxylic acids is 3. The molecule has 2 aromatic heterocycles. The summed E-state index contributed by atoms with van der Waals surface area (Å²) in [6.07, 6.45) is 3.63. The highest BCUT2D eigenvalue weighted by Crippen LogP contribution is 2.21. The molecule has 13 heteroatoms. The molecule has 4 amide bonds. The Morgan fingerprint density at radius 1 is 0.941 bits per heavy atom.